The SMILES string of the molecule is CCOc1cc(C=C2SC(=Nc3ccc(O)cc3)NC2=O)ccc1OCc1ccccc1Cl. The number of nitrogens with one attached hydrogen (secondary N) is 1. The Labute approximate surface area is 200 Å². The standard InChI is InChI=1S/C25H21ClN2O4S/c1-2-31-22-13-16(7-12-21(22)32-15-17-5-3-4-6-20(17)26)14-23-24(30)28-25(33-23)27-18-8-10-19(29)11-9-18/h3-14,29H,2,15H2,1H3,(H,27,28,30). The van der Waals surface area contributed by atoms with Crippen LogP contribution in [-0.4, -0.2) is 22.8 Å². The van der Waals surface area contributed by atoms with Gasteiger partial charge in [-0.05, 0) is 72.8 Å². The molecule has 0 atom stereocenters. The van der Waals surface area contributed by atoms with Crippen molar-refractivity contribution in [1.82, 2.24) is 5.32 Å². The van der Waals surface area contributed by atoms with Gasteiger partial charge in [-0.2, -0.15) is 0 Å². The number of hydrogen-bond acceptors (Lipinski definition) is 6. The summed E-state index contributed by atoms with van der Waals surface area (Å²) in [5.41, 5.74) is 2.31. The van der Waals surface area contributed by atoms with E-state index >= 15 is 0 Å². The first-order valence-electron chi connectivity index (χ1n) is 10.2. The quantitative estimate of drug-likeness (QED) is 0.410. The summed E-state index contributed by atoms with van der Waals surface area (Å²) in [7, 11) is 0. The van der Waals surface area contributed by atoms with Crippen LogP contribution in [0.5, 0.6) is 17.2 Å². The van der Waals surface area contributed by atoms with Crippen LogP contribution in [0.25, 0.3) is 6.08 Å². The molecule has 2 N–H and O–H groups in total. The highest BCUT2D eigenvalue weighted by Gasteiger charge is 2.24. The summed E-state index contributed by atoms with van der Waals surface area (Å²) in [5.74, 6) is 1.11. The normalized spacial score (nSPS) is 15.6. The molecule has 1 fully saturated rings. The van der Waals surface area contributed by atoms with Crippen molar-refractivity contribution in [3.05, 3.63) is 87.8 Å². The molecule has 0 aromatic heterocycles. The summed E-state index contributed by atoms with van der Waals surface area (Å²) < 4.78 is 11.7. The van der Waals surface area contributed by atoms with Gasteiger partial charge in [-0.25, -0.2) is 4.99 Å². The Kier molecular flexibility index (Phi) is 7.22. The van der Waals surface area contributed by atoms with Crippen LogP contribution >= 0.6 is 23.4 Å². The van der Waals surface area contributed by atoms with Gasteiger partial charge in [0, 0.05) is 10.6 Å². The van der Waals surface area contributed by atoms with E-state index in [4.69, 9.17) is 21.1 Å². The minimum Gasteiger partial charge on any atom is -0.508 e. The molecule has 168 valence electrons. The van der Waals surface area contributed by atoms with E-state index in [0.29, 0.717) is 45.5 Å². The topological polar surface area (TPSA) is 80.2 Å². The Hall–Kier alpha value is -3.42. The molecule has 0 aliphatic carbocycles. The van der Waals surface area contributed by atoms with Crippen molar-refractivity contribution in [3.63, 3.8) is 0 Å². The van der Waals surface area contributed by atoms with Gasteiger partial charge in [0.05, 0.1) is 17.2 Å². The Bertz CT molecular complexity index is 1230. The third-order valence-corrected chi connectivity index (χ3v) is 5.92. The van der Waals surface area contributed by atoms with Crippen molar-refractivity contribution in [2.75, 3.05) is 6.61 Å². The maximum atomic E-state index is 12.4. The lowest BCUT2D eigenvalue weighted by Crippen LogP contribution is -2.19. The molecule has 1 heterocycles. The number of halogens is 1. The summed E-state index contributed by atoms with van der Waals surface area (Å²) >= 11 is 7.46. The second-order valence-corrected chi connectivity index (χ2v) is 8.46. The van der Waals surface area contributed by atoms with Crippen molar-refractivity contribution < 1.29 is 19.4 Å². The Morgan fingerprint density at radius 1 is 1.06 bits per heavy atom. The number of nitrogens with zero attached hydrogens (tertiary/aromatic N) is 1. The number of amidine groups is 1. The molecule has 6 nitrogen and oxygen atoms in total. The van der Waals surface area contributed by atoms with Gasteiger partial charge in [-0.3, -0.25) is 4.79 Å². The number of carbonyl (C=O) groups is 1. The summed E-state index contributed by atoms with van der Waals surface area (Å²) in [6, 6.07) is 19.5. The number of amides is 1. The first-order valence-corrected chi connectivity index (χ1v) is 11.4. The number of carbonyl (C=O) groups excluding carboxylic acids is 1. The molecule has 0 unspecified atom stereocenters. The average Bonchev–Trinajstić information content (AvgIpc) is 3.14. The highest BCUT2D eigenvalue weighted by molar-refractivity contribution is 8.18. The zero-order valence-electron chi connectivity index (χ0n) is 17.7. The van der Waals surface area contributed by atoms with Gasteiger partial charge in [0.25, 0.3) is 5.91 Å². The number of thioether (sulfide) groups is 1. The van der Waals surface area contributed by atoms with Gasteiger partial charge in [0.1, 0.15) is 12.4 Å². The zero-order valence-corrected chi connectivity index (χ0v) is 19.3. The zero-order chi connectivity index (χ0) is 23.2. The number of phenols is 1. The minimum absolute atomic E-state index is 0.159. The van der Waals surface area contributed by atoms with E-state index in [1.54, 1.807) is 30.3 Å². The second-order valence-electron chi connectivity index (χ2n) is 7.02. The van der Waals surface area contributed by atoms with Crippen molar-refractivity contribution in [2.45, 2.75) is 13.5 Å². The lowest BCUT2D eigenvalue weighted by Gasteiger charge is -2.13. The average molecular weight is 481 g/mol. The molecule has 1 saturated heterocycles. The number of benzene rings is 3. The van der Waals surface area contributed by atoms with Gasteiger partial charge in [-0.1, -0.05) is 35.9 Å². The summed E-state index contributed by atoms with van der Waals surface area (Å²) in [4.78, 5) is 17.3. The van der Waals surface area contributed by atoms with E-state index < -0.39 is 0 Å². The van der Waals surface area contributed by atoms with Gasteiger partial charge >= 0.3 is 0 Å². The molecule has 0 bridgehead atoms. The summed E-state index contributed by atoms with van der Waals surface area (Å²) in [5, 5.41) is 13.3. The molecule has 33 heavy (non-hydrogen) atoms. The number of aliphatic imine (C=N–C) groups is 1. The lowest BCUT2D eigenvalue weighted by molar-refractivity contribution is -0.115. The fraction of sp³-hybridized carbons (Fsp3) is 0.120. The fourth-order valence-corrected chi connectivity index (χ4v) is 4.08. The van der Waals surface area contributed by atoms with Crippen LogP contribution in [-0.2, 0) is 11.4 Å². The maximum Gasteiger partial charge on any atom is 0.264 e. The predicted molar refractivity (Wildman–Crippen MR) is 132 cm³/mol. The Balaban J connectivity index is 1.51. The van der Waals surface area contributed by atoms with Crippen LogP contribution in [0, 0.1) is 0 Å². The smallest absolute Gasteiger partial charge is 0.264 e. The Morgan fingerprint density at radius 2 is 1.85 bits per heavy atom. The van der Waals surface area contributed by atoms with Gasteiger partial charge in [-0.15, -0.1) is 0 Å². The van der Waals surface area contributed by atoms with Crippen LogP contribution < -0.4 is 14.8 Å². The molecule has 3 aromatic rings. The largest absolute Gasteiger partial charge is 0.508 e. The third kappa shape index (κ3) is 5.88. The van der Waals surface area contributed by atoms with Gasteiger partial charge < -0.3 is 19.9 Å². The van der Waals surface area contributed by atoms with Crippen molar-refractivity contribution >= 4 is 46.2 Å². The van der Waals surface area contributed by atoms with Crippen LogP contribution in [0.1, 0.15) is 18.1 Å². The van der Waals surface area contributed by atoms with Gasteiger partial charge in [0.2, 0.25) is 0 Å². The molecule has 0 radical (unpaired) electrons. The molecule has 0 saturated carbocycles. The monoisotopic (exact) mass is 480 g/mol. The molecule has 1 aliphatic rings. The number of ether oxygens (including phenoxy) is 2. The highest BCUT2D eigenvalue weighted by atomic mass is 35.5. The summed E-state index contributed by atoms with van der Waals surface area (Å²) in [6.07, 6.45) is 1.78. The van der Waals surface area contributed by atoms with E-state index in [-0.39, 0.29) is 11.7 Å². The van der Waals surface area contributed by atoms with Gasteiger partial charge in [0.15, 0.2) is 16.7 Å². The number of phenolic OH excluding ortho intramolecular Hbond substituents is 1. The van der Waals surface area contributed by atoms with E-state index in [0.717, 1.165) is 11.1 Å². The Morgan fingerprint density at radius 3 is 2.61 bits per heavy atom. The highest BCUT2D eigenvalue weighted by Crippen LogP contribution is 2.33. The fourth-order valence-electron chi connectivity index (χ4n) is 3.05. The van der Waals surface area contributed by atoms with Crippen molar-refractivity contribution in [2.24, 2.45) is 4.99 Å². The molecule has 0 spiro atoms. The summed E-state index contributed by atoms with van der Waals surface area (Å²) in [6.45, 7) is 2.69. The molecule has 3 aromatic carbocycles. The van der Waals surface area contributed by atoms with Crippen molar-refractivity contribution in [1.29, 1.82) is 0 Å². The van der Waals surface area contributed by atoms with Crippen LogP contribution in [0.15, 0.2) is 76.6 Å². The van der Waals surface area contributed by atoms with Crippen LogP contribution in [0.3, 0.4) is 0 Å². The van der Waals surface area contributed by atoms with Crippen LogP contribution in [0.4, 0.5) is 5.69 Å². The molecule has 1 amide bonds. The van der Waals surface area contributed by atoms with E-state index in [9.17, 15) is 9.90 Å². The molecular formula is C25H21ClN2O4S. The van der Waals surface area contributed by atoms with E-state index in [1.165, 1.54) is 11.8 Å². The molecule has 4 rings (SSSR count). The predicted octanol–water partition coefficient (Wildman–Crippen LogP) is 5.91. The first-order chi connectivity index (χ1) is 16.0. The van der Waals surface area contributed by atoms with Crippen LogP contribution in [0.2, 0.25) is 5.02 Å². The van der Waals surface area contributed by atoms with E-state index in [1.807, 2.05) is 49.4 Å². The number of rotatable bonds is 7. The molecular weight excluding hydrogens is 460 g/mol. The maximum absolute atomic E-state index is 12.4. The second kappa shape index (κ2) is 10.5. The first kappa shape index (κ1) is 22.8. The minimum atomic E-state index is -0.227. The third-order valence-electron chi connectivity index (χ3n) is 4.64. The molecule has 8 heteroatoms. The lowest BCUT2D eigenvalue weighted by atomic mass is 10.2. The van der Waals surface area contributed by atoms with E-state index in [2.05, 4.69) is 10.3 Å². The molecule has 1 aliphatic heterocycles. The van der Waals surface area contributed by atoms with Crippen molar-refractivity contribution in [3.8, 4) is 17.2 Å². The number of aromatic hydroxyl groups is 1. The number of hydrogen-bond donors (Lipinski definition) is 2.